The molecule has 0 bridgehead atoms. The highest BCUT2D eigenvalue weighted by atomic mass is 16.5. The maximum Gasteiger partial charge on any atom is 0.305 e. The van der Waals surface area contributed by atoms with Crippen molar-refractivity contribution < 1.29 is 24.5 Å². The van der Waals surface area contributed by atoms with Crippen LogP contribution in [0.1, 0.15) is 226 Å². The minimum atomic E-state index is -0.693. The number of aliphatic hydroxyl groups excluding tert-OH is 2. The largest absolute Gasteiger partial charge is 0.466 e. The number of aliphatic hydroxyl groups is 2. The summed E-state index contributed by atoms with van der Waals surface area (Å²) in [6.07, 6.45) is 45.6. The molecule has 2 atom stereocenters. The number of unbranched alkanes of at least 4 members (excludes halogenated alkanes) is 25. The Hall–Kier alpha value is -1.66. The van der Waals surface area contributed by atoms with Crippen LogP contribution in [-0.4, -0.2) is 47.4 Å². The van der Waals surface area contributed by atoms with E-state index in [9.17, 15) is 19.8 Å². The lowest BCUT2D eigenvalue weighted by Crippen LogP contribution is -2.45. The lowest BCUT2D eigenvalue weighted by atomic mass is 10.0. The van der Waals surface area contributed by atoms with E-state index in [2.05, 4.69) is 43.5 Å². The Morgan fingerprint density at radius 3 is 1.45 bits per heavy atom. The van der Waals surface area contributed by atoms with E-state index in [1.54, 1.807) is 0 Å². The van der Waals surface area contributed by atoms with E-state index in [-0.39, 0.29) is 18.5 Å². The molecule has 1 amide bonds. The van der Waals surface area contributed by atoms with E-state index in [0.717, 1.165) is 70.6 Å². The fourth-order valence-electron chi connectivity index (χ4n) is 6.52. The molecule has 0 spiro atoms. The van der Waals surface area contributed by atoms with Crippen molar-refractivity contribution >= 4 is 11.9 Å². The molecule has 51 heavy (non-hydrogen) atoms. The first-order chi connectivity index (χ1) is 25.0. The normalized spacial score (nSPS) is 12.9. The van der Waals surface area contributed by atoms with E-state index < -0.39 is 12.1 Å². The summed E-state index contributed by atoms with van der Waals surface area (Å²) in [7, 11) is 0. The van der Waals surface area contributed by atoms with E-state index in [1.165, 1.54) is 122 Å². The van der Waals surface area contributed by atoms with Gasteiger partial charge in [0.2, 0.25) is 5.91 Å². The van der Waals surface area contributed by atoms with Crippen molar-refractivity contribution in [2.75, 3.05) is 13.2 Å². The molecule has 0 aliphatic heterocycles. The first kappa shape index (κ1) is 49.3. The molecule has 0 aliphatic carbocycles. The van der Waals surface area contributed by atoms with Crippen molar-refractivity contribution in [3.8, 4) is 0 Å². The zero-order valence-electron chi connectivity index (χ0n) is 33.8. The van der Waals surface area contributed by atoms with Crippen molar-refractivity contribution in [1.82, 2.24) is 5.32 Å². The molecule has 0 fully saturated rings. The van der Waals surface area contributed by atoms with Gasteiger partial charge in [-0.25, -0.2) is 0 Å². The van der Waals surface area contributed by atoms with Crippen molar-refractivity contribution in [1.29, 1.82) is 0 Å². The predicted molar refractivity (Wildman–Crippen MR) is 218 cm³/mol. The van der Waals surface area contributed by atoms with Gasteiger partial charge in [-0.15, -0.1) is 0 Å². The first-order valence-electron chi connectivity index (χ1n) is 22.1. The third kappa shape index (κ3) is 37.9. The fourth-order valence-corrected chi connectivity index (χ4v) is 6.52. The maximum atomic E-state index is 12.4. The van der Waals surface area contributed by atoms with Crippen molar-refractivity contribution in [3.63, 3.8) is 0 Å². The molecule has 0 radical (unpaired) electrons. The van der Waals surface area contributed by atoms with Crippen LogP contribution in [0.15, 0.2) is 24.3 Å². The maximum absolute atomic E-state index is 12.4. The highest BCUT2D eigenvalue weighted by Gasteiger charge is 2.19. The molecule has 0 aromatic rings. The molecule has 0 rings (SSSR count). The Kier molecular flexibility index (Phi) is 39.8. The molecule has 0 aromatic heterocycles. The summed E-state index contributed by atoms with van der Waals surface area (Å²) in [5.41, 5.74) is 0. The molecular weight excluding hydrogens is 634 g/mol. The Labute approximate surface area is 316 Å². The van der Waals surface area contributed by atoms with Crippen molar-refractivity contribution in [2.24, 2.45) is 0 Å². The number of hydrogen-bond donors (Lipinski definition) is 3. The average molecular weight is 720 g/mol. The van der Waals surface area contributed by atoms with E-state index in [1.807, 2.05) is 0 Å². The number of nitrogens with one attached hydrogen (secondary N) is 1. The van der Waals surface area contributed by atoms with Crippen LogP contribution in [0.5, 0.6) is 0 Å². The number of ether oxygens (including phenoxy) is 1. The molecule has 0 heterocycles. The molecule has 6 heteroatoms. The Balaban J connectivity index is 3.57. The van der Waals surface area contributed by atoms with Gasteiger partial charge in [0, 0.05) is 12.8 Å². The highest BCUT2D eigenvalue weighted by molar-refractivity contribution is 5.76. The number of amides is 1. The Morgan fingerprint density at radius 2 is 0.941 bits per heavy atom. The van der Waals surface area contributed by atoms with Crippen LogP contribution in [0, 0.1) is 0 Å². The summed E-state index contributed by atoms with van der Waals surface area (Å²) in [5.74, 6) is -0.144. The monoisotopic (exact) mass is 720 g/mol. The molecule has 0 saturated heterocycles. The molecule has 0 saturated carbocycles. The SMILES string of the molecule is CCCCCC/C=C\CCCCCCCC(=O)OCCCCCC/C=C\CCCC(=O)NC(CO)C(O)CCCCCCCCCCCCCC. The molecule has 2 unspecified atom stereocenters. The third-order valence-electron chi connectivity index (χ3n) is 9.97. The summed E-state index contributed by atoms with van der Waals surface area (Å²) in [5, 5.41) is 23.0. The average Bonchev–Trinajstić information content (AvgIpc) is 3.13. The summed E-state index contributed by atoms with van der Waals surface area (Å²) in [6.45, 7) is 4.82. The van der Waals surface area contributed by atoms with E-state index in [0.29, 0.717) is 25.9 Å². The Bertz CT molecular complexity index is 797. The number of allylic oxidation sites excluding steroid dienone is 4. The van der Waals surface area contributed by atoms with Gasteiger partial charge in [0.25, 0.3) is 0 Å². The van der Waals surface area contributed by atoms with Gasteiger partial charge in [0.1, 0.15) is 0 Å². The molecule has 0 aliphatic rings. The second-order valence-corrected chi connectivity index (χ2v) is 15.0. The van der Waals surface area contributed by atoms with E-state index >= 15 is 0 Å². The summed E-state index contributed by atoms with van der Waals surface area (Å²) in [6, 6.07) is -0.577. The number of esters is 1. The van der Waals surface area contributed by atoms with Crippen LogP contribution in [0.4, 0.5) is 0 Å². The quantitative estimate of drug-likeness (QED) is 0.0333. The van der Waals surface area contributed by atoms with Gasteiger partial charge in [-0.3, -0.25) is 9.59 Å². The summed E-state index contributed by atoms with van der Waals surface area (Å²) in [4.78, 5) is 24.3. The van der Waals surface area contributed by atoms with Crippen LogP contribution < -0.4 is 5.32 Å². The number of hydrogen-bond acceptors (Lipinski definition) is 5. The molecule has 3 N–H and O–H groups in total. The fraction of sp³-hybridized carbons (Fsp3) is 0.867. The predicted octanol–water partition coefficient (Wildman–Crippen LogP) is 12.4. The summed E-state index contributed by atoms with van der Waals surface area (Å²) < 4.78 is 5.41. The highest BCUT2D eigenvalue weighted by Crippen LogP contribution is 2.15. The van der Waals surface area contributed by atoms with Gasteiger partial charge >= 0.3 is 5.97 Å². The van der Waals surface area contributed by atoms with Crippen molar-refractivity contribution in [3.05, 3.63) is 24.3 Å². The van der Waals surface area contributed by atoms with Crippen molar-refractivity contribution in [2.45, 2.75) is 238 Å². The topological polar surface area (TPSA) is 95.9 Å². The number of carbonyl (C=O) groups excluding carboxylic acids is 2. The van der Waals surface area contributed by atoms with Crippen LogP contribution in [0.3, 0.4) is 0 Å². The lowest BCUT2D eigenvalue weighted by molar-refractivity contribution is -0.143. The van der Waals surface area contributed by atoms with Crippen LogP contribution in [0.2, 0.25) is 0 Å². The van der Waals surface area contributed by atoms with Crippen LogP contribution >= 0.6 is 0 Å². The zero-order valence-corrected chi connectivity index (χ0v) is 33.8. The second kappa shape index (κ2) is 41.1. The standard InChI is InChI=1S/C45H85NO5/c1-3-5-7-9-11-13-15-17-19-23-27-31-35-39-45(50)51-40-36-32-28-24-20-22-26-30-34-38-44(49)46-42(41-47)43(48)37-33-29-25-21-18-16-14-12-10-8-6-4-2/h13,15,22,26,42-43,47-48H,3-12,14,16-21,23-25,27-41H2,1-2H3,(H,46,49)/b15-13-,26-22-. The van der Waals surface area contributed by atoms with Gasteiger partial charge in [0.05, 0.1) is 25.4 Å². The van der Waals surface area contributed by atoms with Gasteiger partial charge in [-0.1, -0.05) is 167 Å². The van der Waals surface area contributed by atoms with Crippen LogP contribution in [-0.2, 0) is 14.3 Å². The molecule has 6 nitrogen and oxygen atoms in total. The first-order valence-corrected chi connectivity index (χ1v) is 22.1. The zero-order chi connectivity index (χ0) is 37.3. The van der Waals surface area contributed by atoms with Gasteiger partial charge in [-0.2, -0.15) is 0 Å². The van der Waals surface area contributed by atoms with Crippen LogP contribution in [0.25, 0.3) is 0 Å². The Morgan fingerprint density at radius 1 is 0.529 bits per heavy atom. The number of carbonyl (C=O) groups is 2. The molecule has 0 aromatic carbocycles. The van der Waals surface area contributed by atoms with Gasteiger partial charge in [0.15, 0.2) is 0 Å². The summed E-state index contributed by atoms with van der Waals surface area (Å²) >= 11 is 0. The molecule has 300 valence electrons. The van der Waals surface area contributed by atoms with Gasteiger partial charge in [-0.05, 0) is 70.6 Å². The number of rotatable bonds is 40. The smallest absolute Gasteiger partial charge is 0.305 e. The minimum absolute atomic E-state index is 0.0458. The molecular formula is C45H85NO5. The van der Waals surface area contributed by atoms with Gasteiger partial charge < -0.3 is 20.3 Å². The second-order valence-electron chi connectivity index (χ2n) is 15.0. The third-order valence-corrected chi connectivity index (χ3v) is 9.97. The minimum Gasteiger partial charge on any atom is -0.466 e. The lowest BCUT2D eigenvalue weighted by Gasteiger charge is -2.22. The van der Waals surface area contributed by atoms with E-state index in [4.69, 9.17) is 4.74 Å².